The number of ether oxygens (including phenoxy) is 1. The Bertz CT molecular complexity index is 664. The Balaban J connectivity index is 1.56. The number of anilines is 1. The van der Waals surface area contributed by atoms with Crippen molar-refractivity contribution in [3.05, 3.63) is 46.4 Å². The molecule has 1 aliphatic heterocycles. The fraction of sp³-hybridized carbons (Fsp3) is 0.444. The van der Waals surface area contributed by atoms with Crippen molar-refractivity contribution in [2.24, 2.45) is 0 Å². The van der Waals surface area contributed by atoms with Crippen molar-refractivity contribution < 1.29 is 9.53 Å². The number of carbonyl (C=O) groups is 1. The number of thiazole rings is 1. The second-order valence-electron chi connectivity index (χ2n) is 6.23. The molecule has 0 radical (unpaired) electrons. The van der Waals surface area contributed by atoms with Crippen LogP contribution in [0.25, 0.3) is 0 Å². The van der Waals surface area contributed by atoms with Crippen LogP contribution in [0.15, 0.2) is 35.7 Å². The Hall–Kier alpha value is -1.76. The third-order valence-electron chi connectivity index (χ3n) is 4.16. The van der Waals surface area contributed by atoms with Gasteiger partial charge in [-0.1, -0.05) is 18.2 Å². The van der Waals surface area contributed by atoms with Crippen molar-refractivity contribution in [3.63, 3.8) is 0 Å². The van der Waals surface area contributed by atoms with Crippen molar-refractivity contribution in [1.29, 1.82) is 0 Å². The van der Waals surface area contributed by atoms with E-state index in [1.807, 2.05) is 30.3 Å². The maximum absolute atomic E-state index is 12.1. The Morgan fingerprint density at radius 1 is 1.29 bits per heavy atom. The average molecular weight is 345 g/mol. The Morgan fingerprint density at radius 3 is 2.71 bits per heavy atom. The van der Waals surface area contributed by atoms with E-state index >= 15 is 0 Å². The van der Waals surface area contributed by atoms with Crippen LogP contribution in [-0.4, -0.2) is 41.1 Å². The fourth-order valence-corrected chi connectivity index (χ4v) is 3.68. The summed E-state index contributed by atoms with van der Waals surface area (Å²) < 4.78 is 5.56. The maximum Gasteiger partial charge on any atom is 0.231 e. The van der Waals surface area contributed by atoms with Gasteiger partial charge in [-0.15, -0.1) is 11.3 Å². The molecule has 5 nitrogen and oxygen atoms in total. The molecule has 1 aromatic heterocycles. The molecule has 1 aromatic carbocycles. The van der Waals surface area contributed by atoms with E-state index in [9.17, 15) is 4.79 Å². The van der Waals surface area contributed by atoms with Gasteiger partial charge >= 0.3 is 0 Å². The molecule has 0 bridgehead atoms. The predicted molar refractivity (Wildman–Crippen MR) is 96.2 cm³/mol. The van der Waals surface area contributed by atoms with Crippen LogP contribution in [0.1, 0.15) is 24.5 Å². The van der Waals surface area contributed by atoms with Gasteiger partial charge in [0.05, 0.1) is 25.3 Å². The number of benzene rings is 1. The molecule has 24 heavy (non-hydrogen) atoms. The summed E-state index contributed by atoms with van der Waals surface area (Å²) in [5.74, 6) is -0.0322. The number of aromatic nitrogens is 1. The highest BCUT2D eigenvalue weighted by atomic mass is 32.1. The van der Waals surface area contributed by atoms with Gasteiger partial charge in [0.25, 0.3) is 0 Å². The van der Waals surface area contributed by atoms with Gasteiger partial charge in [-0.2, -0.15) is 0 Å². The molecule has 3 rings (SSSR count). The first kappa shape index (κ1) is 17.1. The van der Waals surface area contributed by atoms with Crippen molar-refractivity contribution >= 4 is 22.9 Å². The summed E-state index contributed by atoms with van der Waals surface area (Å²) in [6.45, 7) is 6.69. The van der Waals surface area contributed by atoms with Crippen LogP contribution in [0, 0.1) is 0 Å². The summed E-state index contributed by atoms with van der Waals surface area (Å²) in [7, 11) is 0. The summed E-state index contributed by atoms with van der Waals surface area (Å²) >= 11 is 1.55. The smallest absolute Gasteiger partial charge is 0.231 e. The van der Waals surface area contributed by atoms with Crippen LogP contribution in [0.5, 0.6) is 0 Å². The number of amides is 1. The second kappa shape index (κ2) is 7.88. The van der Waals surface area contributed by atoms with Crippen molar-refractivity contribution in [3.8, 4) is 0 Å². The largest absolute Gasteiger partial charge is 0.378 e. The third-order valence-corrected chi connectivity index (χ3v) is 5.06. The van der Waals surface area contributed by atoms with Gasteiger partial charge < -0.3 is 10.1 Å². The predicted octanol–water partition coefficient (Wildman–Crippen LogP) is 2.93. The number of carbonyl (C=O) groups excluding carboxylic acids is 1. The van der Waals surface area contributed by atoms with Gasteiger partial charge in [-0.3, -0.25) is 9.69 Å². The van der Waals surface area contributed by atoms with Crippen LogP contribution in [0.2, 0.25) is 0 Å². The molecular weight excluding hydrogens is 322 g/mol. The quantitative estimate of drug-likeness (QED) is 0.905. The summed E-state index contributed by atoms with van der Waals surface area (Å²) in [5, 5.41) is 5.81. The molecule has 2 unspecified atom stereocenters. The fourth-order valence-electron chi connectivity index (χ4n) is 2.90. The molecular formula is C18H23N3O2S. The summed E-state index contributed by atoms with van der Waals surface area (Å²) in [5.41, 5.74) is 1.85. The van der Waals surface area contributed by atoms with Gasteiger partial charge in [-0.05, 0) is 26.0 Å². The Morgan fingerprint density at radius 2 is 2.00 bits per heavy atom. The van der Waals surface area contributed by atoms with Crippen molar-refractivity contribution in [1.82, 2.24) is 9.88 Å². The van der Waals surface area contributed by atoms with E-state index in [0.29, 0.717) is 18.5 Å². The van der Waals surface area contributed by atoms with Gasteiger partial charge in [0.15, 0.2) is 0 Å². The number of hydrogen-bond acceptors (Lipinski definition) is 5. The number of nitrogens with one attached hydrogen (secondary N) is 1. The topological polar surface area (TPSA) is 54.5 Å². The number of para-hydroxylation sites is 1. The maximum atomic E-state index is 12.1. The lowest BCUT2D eigenvalue weighted by molar-refractivity contribution is -0.115. The normalized spacial score (nSPS) is 21.6. The van der Waals surface area contributed by atoms with E-state index in [4.69, 9.17) is 4.74 Å². The zero-order chi connectivity index (χ0) is 16.9. The highest BCUT2D eigenvalue weighted by molar-refractivity contribution is 7.09. The molecule has 2 heterocycles. The monoisotopic (exact) mass is 345 g/mol. The van der Waals surface area contributed by atoms with E-state index in [1.54, 1.807) is 11.3 Å². The minimum absolute atomic E-state index is 0.0322. The van der Waals surface area contributed by atoms with Gasteiger partial charge in [0.1, 0.15) is 5.01 Å². The molecule has 1 fully saturated rings. The number of rotatable bonds is 5. The standard InChI is InChI=1S/C18H23N3O2S/c1-13-10-23-11-14(2)21(13)9-16-12-24-18(20-16)8-17(22)19-15-6-4-3-5-7-15/h3-7,12-14H,8-11H2,1-2H3,(H,19,22). The highest BCUT2D eigenvalue weighted by Gasteiger charge is 2.26. The zero-order valence-corrected chi connectivity index (χ0v) is 14.9. The van der Waals surface area contributed by atoms with Crippen molar-refractivity contribution in [2.45, 2.75) is 38.9 Å². The minimum atomic E-state index is -0.0322. The lowest BCUT2D eigenvalue weighted by Gasteiger charge is -2.38. The Labute approximate surface area is 146 Å². The lowest BCUT2D eigenvalue weighted by Crippen LogP contribution is -2.48. The SMILES string of the molecule is CC1COCC(C)N1Cc1csc(CC(=O)Nc2ccccc2)n1. The second-order valence-corrected chi connectivity index (χ2v) is 7.17. The molecule has 2 atom stereocenters. The van der Waals surface area contributed by atoms with E-state index in [-0.39, 0.29) is 5.91 Å². The van der Waals surface area contributed by atoms with Gasteiger partial charge in [0.2, 0.25) is 5.91 Å². The zero-order valence-electron chi connectivity index (χ0n) is 14.1. The molecule has 128 valence electrons. The van der Waals surface area contributed by atoms with E-state index in [2.05, 4.69) is 34.4 Å². The molecule has 1 aliphatic rings. The van der Waals surface area contributed by atoms with E-state index < -0.39 is 0 Å². The summed E-state index contributed by atoms with van der Waals surface area (Å²) in [6, 6.07) is 10.3. The average Bonchev–Trinajstić information content (AvgIpc) is 2.99. The van der Waals surface area contributed by atoms with Crippen molar-refractivity contribution in [2.75, 3.05) is 18.5 Å². The third kappa shape index (κ3) is 4.41. The van der Waals surface area contributed by atoms with Crippen LogP contribution < -0.4 is 5.32 Å². The van der Waals surface area contributed by atoms with Crippen LogP contribution in [0.3, 0.4) is 0 Å². The van der Waals surface area contributed by atoms with Gasteiger partial charge in [0, 0.05) is 29.7 Å². The minimum Gasteiger partial charge on any atom is -0.378 e. The van der Waals surface area contributed by atoms with Crippen LogP contribution >= 0.6 is 11.3 Å². The number of nitrogens with zero attached hydrogens (tertiary/aromatic N) is 2. The number of hydrogen-bond donors (Lipinski definition) is 1. The van der Waals surface area contributed by atoms with E-state index in [1.165, 1.54) is 0 Å². The first-order valence-electron chi connectivity index (χ1n) is 8.23. The number of morpholine rings is 1. The molecule has 0 aliphatic carbocycles. The molecule has 0 spiro atoms. The van der Waals surface area contributed by atoms with Crippen LogP contribution in [-0.2, 0) is 22.5 Å². The van der Waals surface area contributed by atoms with Crippen LogP contribution in [0.4, 0.5) is 5.69 Å². The molecule has 1 N–H and O–H groups in total. The van der Waals surface area contributed by atoms with Gasteiger partial charge in [-0.25, -0.2) is 4.98 Å². The molecule has 6 heteroatoms. The molecule has 0 saturated carbocycles. The molecule has 1 saturated heterocycles. The lowest BCUT2D eigenvalue weighted by atomic mass is 10.1. The first-order valence-corrected chi connectivity index (χ1v) is 9.11. The highest BCUT2D eigenvalue weighted by Crippen LogP contribution is 2.19. The molecule has 2 aromatic rings. The summed E-state index contributed by atoms with van der Waals surface area (Å²) in [6.07, 6.45) is 0.313. The Kier molecular flexibility index (Phi) is 5.60. The van der Waals surface area contributed by atoms with E-state index in [0.717, 1.165) is 36.1 Å². The first-order chi connectivity index (χ1) is 11.6. The molecule has 1 amide bonds. The summed E-state index contributed by atoms with van der Waals surface area (Å²) in [4.78, 5) is 19.2.